The summed E-state index contributed by atoms with van der Waals surface area (Å²) in [6.07, 6.45) is -1.03. The first-order valence-corrected chi connectivity index (χ1v) is 7.89. The number of amides is 1. The minimum atomic E-state index is -1.03. The van der Waals surface area contributed by atoms with Gasteiger partial charge < -0.3 is 19.9 Å². The second-order valence-electron chi connectivity index (χ2n) is 5.24. The van der Waals surface area contributed by atoms with Gasteiger partial charge in [0.15, 0.2) is 6.10 Å². The van der Waals surface area contributed by atoms with Gasteiger partial charge in [-0.25, -0.2) is 4.79 Å². The van der Waals surface area contributed by atoms with Crippen molar-refractivity contribution < 1.29 is 24.2 Å². The van der Waals surface area contributed by atoms with Crippen LogP contribution < -0.4 is 10.1 Å². The van der Waals surface area contributed by atoms with Crippen LogP contribution in [0.1, 0.15) is 22.8 Å². The highest BCUT2D eigenvalue weighted by Crippen LogP contribution is 2.23. The molecule has 6 nitrogen and oxygen atoms in total. The number of carbonyl (C=O) groups is 2. The van der Waals surface area contributed by atoms with Crippen LogP contribution in [0.25, 0.3) is 0 Å². The lowest BCUT2D eigenvalue weighted by atomic mass is 10.2. The third-order valence-corrected chi connectivity index (χ3v) is 3.71. The number of benzene rings is 2. The van der Waals surface area contributed by atoms with E-state index >= 15 is 0 Å². The monoisotopic (exact) mass is 363 g/mol. The maximum Gasteiger partial charge on any atom is 0.342 e. The molecule has 0 saturated heterocycles. The van der Waals surface area contributed by atoms with Crippen LogP contribution in [-0.2, 0) is 16.1 Å². The topological polar surface area (TPSA) is 84.9 Å². The molecule has 2 rings (SSSR count). The van der Waals surface area contributed by atoms with E-state index in [0.29, 0.717) is 5.75 Å². The number of para-hydroxylation sites is 1. The molecule has 0 fully saturated rings. The van der Waals surface area contributed by atoms with E-state index < -0.39 is 18.0 Å². The predicted molar refractivity (Wildman–Crippen MR) is 92.8 cm³/mol. The highest BCUT2D eigenvalue weighted by atomic mass is 35.5. The third-order valence-electron chi connectivity index (χ3n) is 3.48. The van der Waals surface area contributed by atoms with Gasteiger partial charge >= 0.3 is 5.97 Å². The van der Waals surface area contributed by atoms with Crippen molar-refractivity contribution in [3.05, 3.63) is 58.6 Å². The third kappa shape index (κ3) is 4.87. The van der Waals surface area contributed by atoms with Crippen LogP contribution in [0.2, 0.25) is 5.02 Å². The van der Waals surface area contributed by atoms with Crippen LogP contribution in [0.5, 0.6) is 11.5 Å². The Morgan fingerprint density at radius 1 is 1.24 bits per heavy atom. The second kappa shape index (κ2) is 8.39. The highest BCUT2D eigenvalue weighted by molar-refractivity contribution is 6.30. The van der Waals surface area contributed by atoms with Gasteiger partial charge in [0.05, 0.1) is 7.11 Å². The Morgan fingerprint density at radius 3 is 2.64 bits per heavy atom. The largest absolute Gasteiger partial charge is 0.507 e. The number of halogens is 1. The molecule has 0 radical (unpaired) electrons. The number of ether oxygens (including phenoxy) is 2. The molecule has 2 aromatic rings. The summed E-state index contributed by atoms with van der Waals surface area (Å²) in [6, 6.07) is 11.3. The second-order valence-corrected chi connectivity index (χ2v) is 5.68. The van der Waals surface area contributed by atoms with Crippen molar-refractivity contribution in [2.24, 2.45) is 0 Å². The lowest BCUT2D eigenvalue weighted by molar-refractivity contribution is -0.129. The standard InChI is InChI=1S/C18H18ClNO5/c1-11(25-18(23)14-8-7-13(19)9-15(14)21)17(22)20-10-12-5-3-4-6-16(12)24-2/h3-9,11,21H,10H2,1-2H3,(H,20,22)/t11-/m1/s1. The molecule has 2 aromatic carbocycles. The number of phenols is 1. The van der Waals surface area contributed by atoms with Gasteiger partial charge in [-0.1, -0.05) is 29.8 Å². The fourth-order valence-electron chi connectivity index (χ4n) is 2.13. The number of hydrogen-bond donors (Lipinski definition) is 2. The Hall–Kier alpha value is -2.73. The zero-order valence-electron chi connectivity index (χ0n) is 13.8. The Morgan fingerprint density at radius 2 is 1.96 bits per heavy atom. The predicted octanol–water partition coefficient (Wildman–Crippen LogP) is 2.92. The Labute approximate surface area is 150 Å². The van der Waals surface area contributed by atoms with Crippen molar-refractivity contribution >= 4 is 23.5 Å². The van der Waals surface area contributed by atoms with Crippen molar-refractivity contribution in [1.82, 2.24) is 5.32 Å². The van der Waals surface area contributed by atoms with Crippen LogP contribution in [-0.4, -0.2) is 30.2 Å². The van der Waals surface area contributed by atoms with Gasteiger partial charge in [0, 0.05) is 17.1 Å². The summed E-state index contributed by atoms with van der Waals surface area (Å²) in [6.45, 7) is 1.68. The molecule has 0 saturated carbocycles. The molecule has 0 spiro atoms. The molecule has 7 heteroatoms. The minimum absolute atomic E-state index is 0.0613. The molecule has 132 valence electrons. The first-order chi connectivity index (χ1) is 11.9. The van der Waals surface area contributed by atoms with E-state index in [1.165, 1.54) is 25.1 Å². The number of aromatic hydroxyl groups is 1. The Balaban J connectivity index is 1.94. The van der Waals surface area contributed by atoms with Crippen molar-refractivity contribution in [3.8, 4) is 11.5 Å². The van der Waals surface area contributed by atoms with E-state index in [1.807, 2.05) is 18.2 Å². The smallest absolute Gasteiger partial charge is 0.342 e. The fraction of sp³-hybridized carbons (Fsp3) is 0.222. The van der Waals surface area contributed by atoms with Crippen molar-refractivity contribution in [3.63, 3.8) is 0 Å². The van der Waals surface area contributed by atoms with Gasteiger partial charge in [-0.3, -0.25) is 4.79 Å². The van der Waals surface area contributed by atoms with Crippen LogP contribution in [0.4, 0.5) is 0 Å². The lowest BCUT2D eigenvalue weighted by Crippen LogP contribution is -2.35. The normalized spacial score (nSPS) is 11.5. The zero-order chi connectivity index (χ0) is 18.4. The molecular weight excluding hydrogens is 346 g/mol. The maximum absolute atomic E-state index is 12.1. The van der Waals surface area contributed by atoms with Crippen molar-refractivity contribution in [2.45, 2.75) is 19.6 Å². The van der Waals surface area contributed by atoms with Crippen LogP contribution >= 0.6 is 11.6 Å². The van der Waals surface area contributed by atoms with Gasteiger partial charge in [0.25, 0.3) is 5.91 Å². The molecule has 0 bridgehead atoms. The first-order valence-electron chi connectivity index (χ1n) is 7.51. The SMILES string of the molecule is COc1ccccc1CNC(=O)[C@@H](C)OC(=O)c1ccc(Cl)cc1O. The van der Waals surface area contributed by atoms with E-state index in [2.05, 4.69) is 5.32 Å². The average Bonchev–Trinajstić information content (AvgIpc) is 2.59. The van der Waals surface area contributed by atoms with E-state index in [-0.39, 0.29) is 22.9 Å². The fourth-order valence-corrected chi connectivity index (χ4v) is 2.30. The van der Waals surface area contributed by atoms with Gasteiger partial charge in [-0.05, 0) is 31.2 Å². The molecule has 25 heavy (non-hydrogen) atoms. The maximum atomic E-state index is 12.1. The lowest BCUT2D eigenvalue weighted by Gasteiger charge is -2.15. The molecule has 0 unspecified atom stereocenters. The molecule has 0 heterocycles. The number of hydrogen-bond acceptors (Lipinski definition) is 5. The van der Waals surface area contributed by atoms with E-state index in [1.54, 1.807) is 13.2 Å². The molecule has 1 atom stereocenters. The minimum Gasteiger partial charge on any atom is -0.507 e. The van der Waals surface area contributed by atoms with E-state index in [0.717, 1.165) is 5.56 Å². The molecule has 0 aliphatic carbocycles. The van der Waals surface area contributed by atoms with Crippen molar-refractivity contribution in [1.29, 1.82) is 0 Å². The summed E-state index contributed by atoms with van der Waals surface area (Å²) in [5.41, 5.74) is 0.737. The summed E-state index contributed by atoms with van der Waals surface area (Å²) in [7, 11) is 1.55. The average molecular weight is 364 g/mol. The molecule has 0 aliphatic rings. The Bertz CT molecular complexity index is 778. The quantitative estimate of drug-likeness (QED) is 0.771. The molecule has 2 N–H and O–H groups in total. The van der Waals surface area contributed by atoms with Gasteiger partial charge in [-0.2, -0.15) is 0 Å². The molecule has 1 amide bonds. The van der Waals surface area contributed by atoms with Crippen molar-refractivity contribution in [2.75, 3.05) is 7.11 Å². The number of rotatable bonds is 6. The van der Waals surface area contributed by atoms with E-state index in [4.69, 9.17) is 21.1 Å². The summed E-state index contributed by atoms with van der Waals surface area (Å²) in [4.78, 5) is 24.2. The number of carbonyl (C=O) groups excluding carboxylic acids is 2. The summed E-state index contributed by atoms with van der Waals surface area (Å²) in [5.74, 6) is -0.931. The number of phenolic OH excluding ortho intramolecular Hbond substituents is 1. The number of esters is 1. The molecule has 0 aromatic heterocycles. The summed E-state index contributed by atoms with van der Waals surface area (Å²) >= 11 is 5.72. The van der Waals surface area contributed by atoms with Gasteiger partial charge in [-0.15, -0.1) is 0 Å². The number of methoxy groups -OCH3 is 1. The summed E-state index contributed by atoms with van der Waals surface area (Å²) < 4.78 is 10.3. The highest BCUT2D eigenvalue weighted by Gasteiger charge is 2.21. The van der Waals surface area contributed by atoms with Crippen LogP contribution in [0.3, 0.4) is 0 Å². The number of nitrogens with one attached hydrogen (secondary N) is 1. The van der Waals surface area contributed by atoms with Gasteiger partial charge in [0.2, 0.25) is 0 Å². The van der Waals surface area contributed by atoms with E-state index in [9.17, 15) is 14.7 Å². The van der Waals surface area contributed by atoms with Crippen LogP contribution in [0.15, 0.2) is 42.5 Å². The summed E-state index contributed by atoms with van der Waals surface area (Å²) in [5, 5.41) is 12.7. The Kier molecular flexibility index (Phi) is 6.25. The molecule has 0 aliphatic heterocycles. The van der Waals surface area contributed by atoms with Gasteiger partial charge in [0.1, 0.15) is 17.1 Å². The van der Waals surface area contributed by atoms with Crippen LogP contribution in [0, 0.1) is 0 Å². The molecular formula is C18H18ClNO5. The zero-order valence-corrected chi connectivity index (χ0v) is 14.5. The first kappa shape index (κ1) is 18.6.